The third-order valence-corrected chi connectivity index (χ3v) is 4.02. The van der Waals surface area contributed by atoms with E-state index in [9.17, 15) is 4.79 Å². The van der Waals surface area contributed by atoms with Gasteiger partial charge in [0.2, 0.25) is 5.43 Å². The number of pyridine rings is 1. The number of rotatable bonds is 3. The first-order chi connectivity index (χ1) is 12.2. The summed E-state index contributed by atoms with van der Waals surface area (Å²) in [6.45, 7) is 0. The molecule has 0 bridgehead atoms. The van der Waals surface area contributed by atoms with Crippen LogP contribution >= 0.6 is 11.6 Å². The molecule has 0 aliphatic carbocycles. The lowest BCUT2D eigenvalue weighted by atomic mass is 10.2. The summed E-state index contributed by atoms with van der Waals surface area (Å²) in [5, 5.41) is 9.31. The van der Waals surface area contributed by atoms with Crippen LogP contribution in [0.3, 0.4) is 0 Å². The van der Waals surface area contributed by atoms with Gasteiger partial charge in [-0.1, -0.05) is 23.7 Å². The van der Waals surface area contributed by atoms with E-state index >= 15 is 0 Å². The molecule has 0 saturated carbocycles. The maximum absolute atomic E-state index is 12.4. The Morgan fingerprint density at radius 2 is 1.72 bits per heavy atom. The zero-order valence-electron chi connectivity index (χ0n) is 13.0. The van der Waals surface area contributed by atoms with E-state index in [1.54, 1.807) is 46.3 Å². The molecule has 6 nitrogen and oxygen atoms in total. The van der Waals surface area contributed by atoms with Crippen LogP contribution in [0.5, 0.6) is 0 Å². The minimum atomic E-state index is -0.195. The maximum atomic E-state index is 12.4. The minimum absolute atomic E-state index is 0.195. The Morgan fingerprint density at radius 1 is 0.920 bits per heavy atom. The highest BCUT2D eigenvalue weighted by Crippen LogP contribution is 2.24. The molecule has 3 heterocycles. The predicted molar refractivity (Wildman–Crippen MR) is 95.2 cm³/mol. The topological polar surface area (TPSA) is 65.6 Å². The lowest BCUT2D eigenvalue weighted by Crippen LogP contribution is -2.14. The molecule has 0 fully saturated rings. The normalized spacial score (nSPS) is 10.8. The summed E-state index contributed by atoms with van der Waals surface area (Å²) in [5.74, 6) is 0. The zero-order valence-corrected chi connectivity index (χ0v) is 13.7. The molecule has 0 unspecified atom stereocenters. The van der Waals surface area contributed by atoms with E-state index in [0.717, 1.165) is 5.69 Å². The van der Waals surface area contributed by atoms with E-state index in [0.29, 0.717) is 16.4 Å². The van der Waals surface area contributed by atoms with Gasteiger partial charge in [0, 0.05) is 24.7 Å². The van der Waals surface area contributed by atoms with E-state index in [4.69, 9.17) is 11.6 Å². The number of benzene rings is 1. The number of hydrogen-bond acceptors (Lipinski definition) is 4. The van der Waals surface area contributed by atoms with Crippen LogP contribution in [0.25, 0.3) is 22.8 Å². The second kappa shape index (κ2) is 6.33. The first-order valence-corrected chi connectivity index (χ1v) is 7.91. The Bertz CT molecular complexity index is 1090. The van der Waals surface area contributed by atoms with E-state index in [1.807, 2.05) is 30.3 Å². The molecule has 3 aromatic heterocycles. The average molecular weight is 350 g/mol. The molecule has 0 amide bonds. The number of hydrogen-bond donors (Lipinski definition) is 0. The second-order valence-electron chi connectivity index (χ2n) is 5.26. The molecule has 4 rings (SSSR count). The van der Waals surface area contributed by atoms with E-state index in [1.165, 1.54) is 6.07 Å². The van der Waals surface area contributed by atoms with Crippen LogP contribution in [0.2, 0.25) is 5.02 Å². The monoisotopic (exact) mass is 349 g/mol. The van der Waals surface area contributed by atoms with Crippen molar-refractivity contribution in [1.82, 2.24) is 24.5 Å². The third kappa shape index (κ3) is 2.83. The highest BCUT2D eigenvalue weighted by molar-refractivity contribution is 6.32. The van der Waals surface area contributed by atoms with E-state index < -0.39 is 0 Å². The molecular formula is C18H12ClN5O. The van der Waals surface area contributed by atoms with Crippen molar-refractivity contribution in [2.45, 2.75) is 0 Å². The van der Waals surface area contributed by atoms with Gasteiger partial charge in [0.05, 0.1) is 28.3 Å². The van der Waals surface area contributed by atoms with Gasteiger partial charge in [-0.05, 0) is 30.3 Å². The first-order valence-electron chi connectivity index (χ1n) is 7.54. The molecule has 0 spiro atoms. The quantitative estimate of drug-likeness (QED) is 0.570. The molecule has 1 aromatic carbocycles. The van der Waals surface area contributed by atoms with Crippen molar-refractivity contribution in [3.63, 3.8) is 0 Å². The molecule has 4 aromatic rings. The van der Waals surface area contributed by atoms with Crippen LogP contribution in [-0.2, 0) is 0 Å². The maximum Gasteiger partial charge on any atom is 0.209 e. The lowest BCUT2D eigenvalue weighted by molar-refractivity contribution is 0.821. The van der Waals surface area contributed by atoms with Gasteiger partial charge in [0.25, 0.3) is 0 Å². The molecular weight excluding hydrogens is 338 g/mol. The SMILES string of the molecule is O=c1ccn(-c2ccncc2)nc1-c1ccnn1-c1ccccc1Cl. The van der Waals surface area contributed by atoms with Crippen LogP contribution in [0.15, 0.2) is 78.1 Å². The molecule has 0 aliphatic rings. The standard InChI is InChI=1S/C18H12ClN5O/c19-14-3-1-2-4-15(14)24-16(7-11-21-24)18-17(25)8-12-23(22-18)13-5-9-20-10-6-13/h1-12H. The predicted octanol–water partition coefficient (Wildman–Crippen LogP) is 3.13. The number of nitrogens with zero attached hydrogens (tertiary/aromatic N) is 5. The van der Waals surface area contributed by atoms with E-state index in [-0.39, 0.29) is 11.1 Å². The van der Waals surface area contributed by atoms with Gasteiger partial charge in [-0.25, -0.2) is 9.36 Å². The highest BCUT2D eigenvalue weighted by Gasteiger charge is 2.15. The van der Waals surface area contributed by atoms with Crippen LogP contribution in [0, 0.1) is 0 Å². The van der Waals surface area contributed by atoms with Gasteiger partial charge in [-0.15, -0.1) is 0 Å². The summed E-state index contributed by atoms with van der Waals surface area (Å²) in [6, 6.07) is 14.2. The highest BCUT2D eigenvalue weighted by atomic mass is 35.5. The smallest absolute Gasteiger partial charge is 0.209 e. The minimum Gasteiger partial charge on any atom is -0.287 e. The van der Waals surface area contributed by atoms with Gasteiger partial charge in [-0.3, -0.25) is 9.78 Å². The lowest BCUT2D eigenvalue weighted by Gasteiger charge is -2.10. The third-order valence-electron chi connectivity index (χ3n) is 3.70. The van der Waals surface area contributed by atoms with Crippen molar-refractivity contribution < 1.29 is 0 Å². The Kier molecular flexibility index (Phi) is 3.87. The number of para-hydroxylation sites is 1. The first kappa shape index (κ1) is 15.3. The van der Waals surface area contributed by atoms with Gasteiger partial charge in [0.15, 0.2) is 5.69 Å². The van der Waals surface area contributed by atoms with Crippen LogP contribution < -0.4 is 5.43 Å². The van der Waals surface area contributed by atoms with E-state index in [2.05, 4.69) is 15.2 Å². The largest absolute Gasteiger partial charge is 0.287 e. The molecule has 25 heavy (non-hydrogen) atoms. The average Bonchev–Trinajstić information content (AvgIpc) is 3.12. The molecule has 7 heteroatoms. The second-order valence-corrected chi connectivity index (χ2v) is 5.67. The molecule has 122 valence electrons. The van der Waals surface area contributed by atoms with Crippen LogP contribution in [-0.4, -0.2) is 24.5 Å². The Hall–Kier alpha value is -3.25. The Balaban J connectivity index is 1.89. The summed E-state index contributed by atoms with van der Waals surface area (Å²) < 4.78 is 3.24. The molecule has 0 saturated heterocycles. The fraction of sp³-hybridized carbons (Fsp3) is 0. The molecule has 0 atom stereocenters. The van der Waals surface area contributed by atoms with Gasteiger partial charge in [0.1, 0.15) is 0 Å². The number of aromatic nitrogens is 5. The fourth-order valence-corrected chi connectivity index (χ4v) is 2.74. The van der Waals surface area contributed by atoms with Crippen molar-refractivity contribution in [3.05, 3.63) is 88.6 Å². The van der Waals surface area contributed by atoms with Gasteiger partial charge < -0.3 is 0 Å². The number of halogens is 1. The summed E-state index contributed by atoms with van der Waals surface area (Å²) in [6.07, 6.45) is 6.58. The summed E-state index contributed by atoms with van der Waals surface area (Å²) >= 11 is 6.27. The fourth-order valence-electron chi connectivity index (χ4n) is 2.52. The molecule has 0 radical (unpaired) electrons. The van der Waals surface area contributed by atoms with Crippen LogP contribution in [0.4, 0.5) is 0 Å². The molecule has 0 N–H and O–H groups in total. The van der Waals surface area contributed by atoms with Crippen molar-refractivity contribution >= 4 is 11.6 Å². The van der Waals surface area contributed by atoms with Crippen molar-refractivity contribution in [1.29, 1.82) is 0 Å². The molecule has 0 aliphatic heterocycles. The van der Waals surface area contributed by atoms with Gasteiger partial charge in [-0.2, -0.15) is 10.2 Å². The van der Waals surface area contributed by atoms with Gasteiger partial charge >= 0.3 is 0 Å². The van der Waals surface area contributed by atoms with Crippen molar-refractivity contribution in [2.75, 3.05) is 0 Å². The Morgan fingerprint density at radius 3 is 2.52 bits per heavy atom. The summed E-state index contributed by atoms with van der Waals surface area (Å²) in [4.78, 5) is 16.4. The zero-order chi connectivity index (χ0) is 17.2. The summed E-state index contributed by atoms with van der Waals surface area (Å²) in [7, 11) is 0. The van der Waals surface area contributed by atoms with Crippen LogP contribution in [0.1, 0.15) is 0 Å². The van der Waals surface area contributed by atoms with Crippen molar-refractivity contribution in [2.24, 2.45) is 0 Å². The van der Waals surface area contributed by atoms with Crippen molar-refractivity contribution in [3.8, 4) is 22.8 Å². The summed E-state index contributed by atoms with van der Waals surface area (Å²) in [5.41, 5.74) is 2.15. The Labute approximate surface area is 148 Å².